The lowest BCUT2D eigenvalue weighted by atomic mass is 9.87. The van der Waals surface area contributed by atoms with E-state index in [0.717, 1.165) is 29.0 Å². The van der Waals surface area contributed by atoms with Crippen molar-refractivity contribution in [2.45, 2.75) is 50.9 Å². The van der Waals surface area contributed by atoms with Gasteiger partial charge in [-0.25, -0.2) is 28.6 Å². The maximum atomic E-state index is 12.7. The number of nitrogens with two attached hydrogens (primary N) is 2. The molecule has 0 aliphatic carbocycles. The molecule has 2 amide bonds. The fourth-order valence-corrected chi connectivity index (χ4v) is 8.62. The number of nitrogens with one attached hydrogen (secondary N) is 2. The van der Waals surface area contributed by atoms with Crippen LogP contribution in [0.3, 0.4) is 0 Å². The number of thioether (sulfide) groups is 1. The number of ether oxygens (including phenoxy) is 1. The van der Waals surface area contributed by atoms with Gasteiger partial charge >= 0.3 is 23.5 Å². The van der Waals surface area contributed by atoms with Crippen molar-refractivity contribution in [3.05, 3.63) is 36.4 Å². The highest BCUT2D eigenvalue weighted by Crippen LogP contribution is 2.61. The molecule has 1 saturated heterocycles. The van der Waals surface area contributed by atoms with Crippen molar-refractivity contribution in [1.29, 1.82) is 0 Å². The highest BCUT2D eigenvalue weighted by molar-refractivity contribution is 8.14. The predicted octanol–water partition coefficient (Wildman–Crippen LogP) is -0.734. The van der Waals surface area contributed by atoms with E-state index in [2.05, 4.69) is 34.4 Å². The number of amides is 2. The lowest BCUT2D eigenvalue weighted by Gasteiger charge is -2.30. The van der Waals surface area contributed by atoms with E-state index in [1.807, 2.05) is 0 Å². The number of aromatic hydroxyl groups is 1. The fraction of sp³-hybridized carbons (Fsp3) is 0.500. The number of aromatic nitrogens is 4. The number of aliphatic hydroxyl groups is 2. The molecule has 322 valence electrons. The molecule has 0 bridgehead atoms. The van der Waals surface area contributed by atoms with Gasteiger partial charge in [0.15, 0.2) is 17.7 Å². The number of fused-ring (bicyclic) bond motifs is 1. The van der Waals surface area contributed by atoms with E-state index in [0.29, 0.717) is 0 Å². The lowest BCUT2D eigenvalue weighted by Crippen LogP contribution is -2.46. The fourth-order valence-electron chi connectivity index (χ4n) is 5.08. The molecule has 4 rings (SSSR count). The molecule has 26 nitrogen and oxygen atoms in total. The van der Waals surface area contributed by atoms with Crippen molar-refractivity contribution in [3.8, 4) is 5.75 Å². The van der Waals surface area contributed by atoms with Gasteiger partial charge in [-0.05, 0) is 12.1 Å². The van der Waals surface area contributed by atoms with Gasteiger partial charge in [0.2, 0.25) is 16.9 Å². The van der Waals surface area contributed by atoms with Gasteiger partial charge in [0.25, 0.3) is 0 Å². The Morgan fingerprint density at radius 1 is 1.03 bits per heavy atom. The van der Waals surface area contributed by atoms with Crippen molar-refractivity contribution in [1.82, 2.24) is 30.2 Å². The summed E-state index contributed by atoms with van der Waals surface area (Å²) in [5.41, 5.74) is 9.85. The van der Waals surface area contributed by atoms with Crippen LogP contribution in [0.4, 0.5) is 11.5 Å². The smallest absolute Gasteiger partial charge is 0.481 e. The molecule has 1 fully saturated rings. The van der Waals surface area contributed by atoms with E-state index in [1.165, 1.54) is 32.0 Å². The molecule has 2 unspecified atom stereocenters. The minimum atomic E-state index is -5.59. The van der Waals surface area contributed by atoms with E-state index in [4.69, 9.17) is 25.3 Å². The van der Waals surface area contributed by atoms with Gasteiger partial charge in [0.1, 0.15) is 42.0 Å². The number of carbonyl (C=O) groups excluding carboxylic acids is 3. The van der Waals surface area contributed by atoms with Crippen molar-refractivity contribution >= 4 is 74.8 Å². The second-order valence-electron chi connectivity index (χ2n) is 12.9. The molecular weight excluding hydrogens is 861 g/mol. The van der Waals surface area contributed by atoms with Crippen molar-refractivity contribution in [2.75, 3.05) is 43.5 Å². The van der Waals surface area contributed by atoms with Crippen LogP contribution in [-0.2, 0) is 45.9 Å². The Bertz CT molecular complexity index is 2120. The van der Waals surface area contributed by atoms with Gasteiger partial charge in [0, 0.05) is 30.7 Å². The Morgan fingerprint density at radius 3 is 2.41 bits per heavy atom. The number of rotatable bonds is 20. The molecule has 0 radical (unpaired) electrons. The number of nitrogens with zero attached hydrogens (tertiary/aromatic N) is 4. The van der Waals surface area contributed by atoms with Crippen LogP contribution in [0.5, 0.6) is 5.75 Å². The molecule has 30 heteroatoms. The summed E-state index contributed by atoms with van der Waals surface area (Å²) in [6, 6.07) is 4.33. The van der Waals surface area contributed by atoms with Crippen molar-refractivity contribution in [2.24, 2.45) is 5.41 Å². The number of hydrogen-bond acceptors (Lipinski definition) is 20. The molecule has 3 heterocycles. The first kappa shape index (κ1) is 47.1. The summed E-state index contributed by atoms with van der Waals surface area (Å²) >= 11 is 0.831. The number of carbonyl (C=O) groups is 3. The molecule has 13 N–H and O–H groups in total. The van der Waals surface area contributed by atoms with Crippen LogP contribution >= 0.6 is 35.2 Å². The normalized spacial score (nSPS) is 21.2. The van der Waals surface area contributed by atoms with Crippen LogP contribution in [0.25, 0.3) is 11.2 Å². The van der Waals surface area contributed by atoms with Crippen molar-refractivity contribution in [3.63, 3.8) is 0 Å². The summed E-state index contributed by atoms with van der Waals surface area (Å²) in [4.78, 5) is 87.9. The van der Waals surface area contributed by atoms with Crippen LogP contribution in [-0.4, -0.2) is 128 Å². The summed E-state index contributed by atoms with van der Waals surface area (Å²) in [5, 5.41) is 35.7. The molecule has 3 aromatic rings. The molecule has 0 saturated carbocycles. The number of phenolic OH excluding ortho intramolecular Hbond substituents is 1. The van der Waals surface area contributed by atoms with Gasteiger partial charge in [-0.2, -0.15) is 4.31 Å². The Labute approximate surface area is 332 Å². The highest BCUT2D eigenvalue weighted by atomic mass is 32.2. The van der Waals surface area contributed by atoms with E-state index in [9.17, 15) is 63.0 Å². The van der Waals surface area contributed by atoms with Crippen LogP contribution in [0.15, 0.2) is 30.9 Å². The van der Waals surface area contributed by atoms with Gasteiger partial charge in [0.05, 0.1) is 30.8 Å². The number of imidazole rings is 1. The summed E-state index contributed by atoms with van der Waals surface area (Å²) < 4.78 is 62.1. The summed E-state index contributed by atoms with van der Waals surface area (Å²) in [5.74, 6) is -1.77. The van der Waals surface area contributed by atoms with Gasteiger partial charge in [-0.3, -0.25) is 32.5 Å². The Balaban J connectivity index is 1.23. The largest absolute Gasteiger partial charge is 0.505 e. The monoisotopic (exact) mass is 902 g/mol. The van der Waals surface area contributed by atoms with Crippen molar-refractivity contribution < 1.29 is 85.6 Å². The van der Waals surface area contributed by atoms with Crippen LogP contribution < -0.4 is 22.1 Å². The predicted molar refractivity (Wildman–Crippen MR) is 199 cm³/mol. The number of nitrogen functional groups attached to an aromatic ring is 2. The zero-order valence-corrected chi connectivity index (χ0v) is 33.8. The molecule has 2 aromatic heterocycles. The van der Waals surface area contributed by atoms with E-state index in [1.54, 1.807) is 0 Å². The Hall–Kier alpha value is -3.62. The molecule has 7 atom stereocenters. The molecule has 1 aromatic carbocycles. The van der Waals surface area contributed by atoms with Crippen LogP contribution in [0.1, 0.15) is 36.9 Å². The second kappa shape index (κ2) is 19.2. The first-order valence-electron chi connectivity index (χ1n) is 16.5. The molecule has 1 aliphatic heterocycles. The molecule has 58 heavy (non-hydrogen) atoms. The number of hydrogen-bond donors (Lipinski definition) is 11. The van der Waals surface area contributed by atoms with Gasteiger partial charge in [-0.15, -0.1) is 0 Å². The summed E-state index contributed by atoms with van der Waals surface area (Å²) in [6.45, 7) is 0.209. The quantitative estimate of drug-likeness (QED) is 0.0288. The second-order valence-corrected chi connectivity index (χ2v) is 18.3. The summed E-state index contributed by atoms with van der Waals surface area (Å²) in [6.07, 6.45) is -7.08. The topological polar surface area (TPSA) is 410 Å². The number of phosphoric acid groups is 3. The minimum absolute atomic E-state index is 0.0170. The number of phenols is 1. The third-order valence-electron chi connectivity index (χ3n) is 8.02. The number of phosphoric ester groups is 3. The highest BCUT2D eigenvalue weighted by Gasteiger charge is 2.50. The first-order chi connectivity index (χ1) is 26.9. The number of benzene rings is 1. The molecule has 1 aliphatic rings. The maximum Gasteiger partial charge on any atom is 0.481 e. The Morgan fingerprint density at radius 2 is 1.72 bits per heavy atom. The zero-order chi connectivity index (χ0) is 43.2. The third-order valence-corrected chi connectivity index (χ3v) is 12.0. The third kappa shape index (κ3) is 12.7. The maximum absolute atomic E-state index is 12.7. The minimum Gasteiger partial charge on any atom is -0.505 e. The number of anilines is 2. The zero-order valence-electron chi connectivity index (χ0n) is 30.3. The van der Waals surface area contributed by atoms with Crippen LogP contribution in [0, 0.1) is 5.41 Å². The summed E-state index contributed by atoms with van der Waals surface area (Å²) in [7, 11) is -16.4. The average molecular weight is 903 g/mol. The first-order valence-corrected chi connectivity index (χ1v) is 22.1. The number of aliphatic hydroxyl groups excluding tert-OH is 2. The van der Waals surface area contributed by atoms with E-state index >= 15 is 0 Å². The SMILES string of the molecule is CC(C)(COP(=O)(O)OP(=O)(O)OC[C@H]1O[C@@H](n2cnc3c(N)ncnc32)[C@H](O)[C@@H]1OP(=O)(O)O)[C@@H](O)C(=O)NCCC(=O)NCCSC(=O)c1cccc(N)c1O. The van der Waals surface area contributed by atoms with Crippen LogP contribution in [0.2, 0.25) is 0 Å². The number of para-hydroxylation sites is 1. The molecule has 0 spiro atoms. The van der Waals surface area contributed by atoms with E-state index in [-0.39, 0.29) is 59.2 Å². The Kier molecular flexibility index (Phi) is 15.6. The van der Waals surface area contributed by atoms with Gasteiger partial charge in [-0.1, -0.05) is 31.7 Å². The van der Waals surface area contributed by atoms with Gasteiger partial charge < -0.3 is 61.7 Å². The average Bonchev–Trinajstić information content (AvgIpc) is 3.69. The standard InChI is InChI=1S/C28H41N8O18P3S/c1-28(2,22(40)25(41)32-7-6-17(37)31-8-9-58-27(42)14-4-3-5-15(29)19(14)38)11-51-57(48,49)54-56(46,47)50-10-16-21(53-55(43,44)45)20(39)26(52-16)36-13-35-18-23(30)33-12-34-24(18)36/h3-5,12-13,16,20-22,26,38-40H,6-11,29H2,1-2H3,(H,31,37)(H,32,41)(H,46,47)(H,48,49)(H2,30,33,34)(H2,43,44,45)/t16-,20-,21-,22+,26-/m1/s1. The lowest BCUT2D eigenvalue weighted by molar-refractivity contribution is -0.137. The van der Waals surface area contributed by atoms with E-state index < -0.39 is 89.7 Å². The molecular formula is C28H41N8O18P3S.